The van der Waals surface area contributed by atoms with E-state index in [0.29, 0.717) is 31.0 Å². The van der Waals surface area contributed by atoms with E-state index in [4.69, 9.17) is 0 Å². The summed E-state index contributed by atoms with van der Waals surface area (Å²) < 4.78 is 15.0. The largest absolute Gasteiger partial charge is 0.352 e. The molecule has 0 atom stereocenters. The minimum Gasteiger partial charge on any atom is -0.352 e. The maximum absolute atomic E-state index is 13.4. The second-order valence-electron chi connectivity index (χ2n) is 8.46. The molecule has 4 aromatic rings. The van der Waals surface area contributed by atoms with E-state index < -0.39 is 11.7 Å². The summed E-state index contributed by atoms with van der Waals surface area (Å²) in [6, 6.07) is 13.5. The molecule has 0 saturated carbocycles. The molecule has 0 aliphatic carbocycles. The Labute approximate surface area is 202 Å². The molecule has 2 heterocycles. The zero-order valence-corrected chi connectivity index (χ0v) is 19.9. The molecule has 8 nitrogen and oxygen atoms in total. The van der Waals surface area contributed by atoms with Gasteiger partial charge in [0, 0.05) is 29.9 Å². The summed E-state index contributed by atoms with van der Waals surface area (Å²) in [7, 11) is 0. The van der Waals surface area contributed by atoms with E-state index in [2.05, 4.69) is 25.7 Å². The van der Waals surface area contributed by atoms with Crippen LogP contribution in [-0.2, 0) is 24.3 Å². The SMILES string of the molecule is Cc1ccc(CNC(=O)CCc2c(C)nc3nc(CNC(=O)c4cccc(F)c4)nn3c2C)cc1. The van der Waals surface area contributed by atoms with Crippen LogP contribution in [0.15, 0.2) is 48.5 Å². The monoisotopic (exact) mass is 474 g/mol. The number of aromatic nitrogens is 4. The average Bonchev–Trinajstić information content (AvgIpc) is 3.25. The van der Waals surface area contributed by atoms with Crippen LogP contribution in [0.4, 0.5) is 4.39 Å². The second-order valence-corrected chi connectivity index (χ2v) is 8.46. The van der Waals surface area contributed by atoms with Crippen molar-refractivity contribution in [3.05, 3.63) is 93.8 Å². The molecule has 2 aromatic heterocycles. The normalized spacial score (nSPS) is 11.0. The Balaban J connectivity index is 1.39. The van der Waals surface area contributed by atoms with Crippen LogP contribution in [0.5, 0.6) is 0 Å². The smallest absolute Gasteiger partial charge is 0.252 e. The maximum atomic E-state index is 13.4. The molecule has 0 fully saturated rings. The molecule has 0 aliphatic rings. The van der Waals surface area contributed by atoms with Crippen LogP contribution < -0.4 is 10.6 Å². The molecule has 0 saturated heterocycles. The zero-order chi connectivity index (χ0) is 24.9. The highest BCUT2D eigenvalue weighted by Gasteiger charge is 2.15. The highest BCUT2D eigenvalue weighted by atomic mass is 19.1. The molecule has 0 aliphatic heterocycles. The molecule has 0 unspecified atom stereocenters. The third-order valence-corrected chi connectivity index (χ3v) is 5.80. The minimum atomic E-state index is -0.477. The highest BCUT2D eigenvalue weighted by molar-refractivity contribution is 5.94. The van der Waals surface area contributed by atoms with E-state index in [0.717, 1.165) is 22.5 Å². The van der Waals surface area contributed by atoms with E-state index in [9.17, 15) is 14.0 Å². The number of carbonyl (C=O) groups is 2. The number of hydrogen-bond donors (Lipinski definition) is 2. The van der Waals surface area contributed by atoms with Gasteiger partial charge in [0.05, 0.1) is 6.54 Å². The van der Waals surface area contributed by atoms with Gasteiger partial charge >= 0.3 is 0 Å². The number of fused-ring (bicyclic) bond motifs is 1. The standard InChI is InChI=1S/C26H27FN6O2/c1-16-7-9-19(10-8-16)14-28-24(34)12-11-22-17(2)30-26-31-23(32-33(26)18(22)3)15-29-25(35)20-5-4-6-21(27)13-20/h4-10,13H,11-12,14-15H2,1-3H3,(H,28,34)(H,29,35). The fourth-order valence-corrected chi connectivity index (χ4v) is 3.81. The van der Waals surface area contributed by atoms with Crippen molar-refractivity contribution in [1.29, 1.82) is 0 Å². The lowest BCUT2D eigenvalue weighted by Gasteiger charge is -2.10. The van der Waals surface area contributed by atoms with Crippen LogP contribution in [0, 0.1) is 26.6 Å². The van der Waals surface area contributed by atoms with E-state index in [1.165, 1.54) is 29.8 Å². The number of nitrogens with one attached hydrogen (secondary N) is 2. The zero-order valence-electron chi connectivity index (χ0n) is 19.9. The van der Waals surface area contributed by atoms with Crippen LogP contribution in [0.25, 0.3) is 5.78 Å². The molecular weight excluding hydrogens is 447 g/mol. The van der Waals surface area contributed by atoms with Crippen LogP contribution in [0.1, 0.15) is 50.7 Å². The topological polar surface area (TPSA) is 101 Å². The van der Waals surface area contributed by atoms with Crippen molar-refractivity contribution in [3.63, 3.8) is 0 Å². The number of halogens is 1. The van der Waals surface area contributed by atoms with Crippen LogP contribution in [0.3, 0.4) is 0 Å². The lowest BCUT2D eigenvalue weighted by molar-refractivity contribution is -0.121. The first-order valence-corrected chi connectivity index (χ1v) is 11.4. The molecule has 35 heavy (non-hydrogen) atoms. The molecule has 0 bridgehead atoms. The van der Waals surface area contributed by atoms with Gasteiger partial charge in [-0.2, -0.15) is 4.98 Å². The van der Waals surface area contributed by atoms with Gasteiger partial charge in [0.1, 0.15) is 5.82 Å². The van der Waals surface area contributed by atoms with Gasteiger partial charge in [-0.05, 0) is 56.5 Å². The van der Waals surface area contributed by atoms with Crippen molar-refractivity contribution in [1.82, 2.24) is 30.2 Å². The number of carbonyl (C=O) groups excluding carboxylic acids is 2. The minimum absolute atomic E-state index is 0.0381. The van der Waals surface area contributed by atoms with Crippen LogP contribution in [-0.4, -0.2) is 31.4 Å². The van der Waals surface area contributed by atoms with Gasteiger partial charge in [-0.3, -0.25) is 9.59 Å². The van der Waals surface area contributed by atoms with Crippen LogP contribution >= 0.6 is 0 Å². The van der Waals surface area contributed by atoms with E-state index in [1.807, 2.05) is 45.0 Å². The molecule has 0 radical (unpaired) electrons. The molecule has 0 spiro atoms. The predicted molar refractivity (Wildman–Crippen MR) is 129 cm³/mol. The fourth-order valence-electron chi connectivity index (χ4n) is 3.81. The average molecular weight is 475 g/mol. The van der Waals surface area contributed by atoms with E-state index >= 15 is 0 Å². The van der Waals surface area contributed by atoms with Gasteiger partial charge in [-0.1, -0.05) is 35.9 Å². The quantitative estimate of drug-likeness (QED) is 0.408. The summed E-state index contributed by atoms with van der Waals surface area (Å²) in [4.78, 5) is 33.6. The molecule has 2 N–H and O–H groups in total. The van der Waals surface area contributed by atoms with Gasteiger partial charge in [0.2, 0.25) is 5.91 Å². The Kier molecular flexibility index (Phi) is 7.14. The number of benzene rings is 2. The molecule has 180 valence electrons. The fraction of sp³-hybridized carbons (Fsp3) is 0.269. The summed E-state index contributed by atoms with van der Waals surface area (Å²) >= 11 is 0. The number of amides is 2. The van der Waals surface area contributed by atoms with Gasteiger partial charge in [0.25, 0.3) is 11.7 Å². The first kappa shape index (κ1) is 24.0. The molecular formula is C26H27FN6O2. The molecule has 2 amide bonds. The lowest BCUT2D eigenvalue weighted by atomic mass is 10.1. The Hall–Kier alpha value is -4.14. The first-order chi connectivity index (χ1) is 16.8. The lowest BCUT2D eigenvalue weighted by Crippen LogP contribution is -2.23. The van der Waals surface area contributed by atoms with E-state index in [1.54, 1.807) is 4.52 Å². The van der Waals surface area contributed by atoms with Gasteiger partial charge in [-0.15, -0.1) is 5.10 Å². The first-order valence-electron chi connectivity index (χ1n) is 11.4. The van der Waals surface area contributed by atoms with Crippen molar-refractivity contribution in [2.75, 3.05) is 0 Å². The number of nitrogens with zero attached hydrogens (tertiary/aromatic N) is 4. The molecule has 4 rings (SSSR count). The third kappa shape index (κ3) is 5.87. The van der Waals surface area contributed by atoms with Gasteiger partial charge in [0.15, 0.2) is 5.82 Å². The maximum Gasteiger partial charge on any atom is 0.252 e. The predicted octanol–water partition coefficient (Wildman–Crippen LogP) is 3.37. The molecule has 2 aromatic carbocycles. The second kappa shape index (κ2) is 10.4. The Morgan fingerprint density at radius 2 is 1.74 bits per heavy atom. The summed E-state index contributed by atoms with van der Waals surface area (Å²) in [5.41, 5.74) is 5.02. The van der Waals surface area contributed by atoms with Crippen molar-refractivity contribution >= 4 is 17.6 Å². The number of hydrogen-bond acceptors (Lipinski definition) is 5. The number of aryl methyl sites for hydroxylation is 3. The van der Waals surface area contributed by atoms with Crippen LogP contribution in [0.2, 0.25) is 0 Å². The summed E-state index contributed by atoms with van der Waals surface area (Å²) in [5, 5.41) is 10.1. The van der Waals surface area contributed by atoms with Crippen molar-refractivity contribution in [2.24, 2.45) is 0 Å². The highest BCUT2D eigenvalue weighted by Crippen LogP contribution is 2.16. The molecule has 9 heteroatoms. The summed E-state index contributed by atoms with van der Waals surface area (Å²) in [5.74, 6) is -0.124. The third-order valence-electron chi connectivity index (χ3n) is 5.80. The van der Waals surface area contributed by atoms with E-state index in [-0.39, 0.29) is 18.0 Å². The number of rotatable bonds is 8. The summed E-state index contributed by atoms with van der Waals surface area (Å²) in [6.07, 6.45) is 0.845. The van der Waals surface area contributed by atoms with Crippen molar-refractivity contribution < 1.29 is 14.0 Å². The van der Waals surface area contributed by atoms with Crippen molar-refractivity contribution in [3.8, 4) is 0 Å². The Bertz CT molecular complexity index is 1380. The summed E-state index contributed by atoms with van der Waals surface area (Å²) in [6.45, 7) is 6.38. The Morgan fingerprint density at radius 1 is 0.971 bits per heavy atom. The Morgan fingerprint density at radius 3 is 2.49 bits per heavy atom. The van der Waals surface area contributed by atoms with Gasteiger partial charge < -0.3 is 10.6 Å². The van der Waals surface area contributed by atoms with Gasteiger partial charge in [-0.25, -0.2) is 13.9 Å². The van der Waals surface area contributed by atoms with Crippen molar-refractivity contribution in [2.45, 2.75) is 46.7 Å².